The van der Waals surface area contributed by atoms with Crippen LogP contribution < -0.4 is 10.1 Å². The van der Waals surface area contributed by atoms with Crippen LogP contribution in [0.2, 0.25) is 0 Å². The highest BCUT2D eigenvalue weighted by Gasteiger charge is 2.24. The van der Waals surface area contributed by atoms with E-state index in [1.807, 2.05) is 49.4 Å². The molecule has 1 heterocycles. The Kier molecular flexibility index (Phi) is 6.23. The molecule has 0 atom stereocenters. The molecule has 5 heteroatoms. The number of carbonyl (C=O) groups is 1. The summed E-state index contributed by atoms with van der Waals surface area (Å²) in [6.45, 7) is 6.69. The molecular weight excluding hydrogens is 404 g/mol. The van der Waals surface area contributed by atoms with Gasteiger partial charge in [0.25, 0.3) is 5.91 Å². The third-order valence-corrected chi connectivity index (χ3v) is 6.06. The van der Waals surface area contributed by atoms with Crippen molar-refractivity contribution in [2.75, 3.05) is 0 Å². The zero-order valence-electron chi connectivity index (χ0n) is 17.8. The second-order valence-electron chi connectivity index (χ2n) is 7.54. The van der Waals surface area contributed by atoms with Crippen molar-refractivity contribution in [2.24, 2.45) is 4.99 Å². The van der Waals surface area contributed by atoms with Gasteiger partial charge in [0.05, 0.1) is 10.6 Å². The summed E-state index contributed by atoms with van der Waals surface area (Å²) >= 11 is 1.36. The summed E-state index contributed by atoms with van der Waals surface area (Å²) in [5.41, 5.74) is 6.47. The average Bonchev–Trinajstić information content (AvgIpc) is 3.10. The van der Waals surface area contributed by atoms with Crippen LogP contribution in [-0.2, 0) is 11.4 Å². The lowest BCUT2D eigenvalue weighted by Crippen LogP contribution is -2.19. The number of aryl methyl sites for hydroxylation is 2. The largest absolute Gasteiger partial charge is 0.489 e. The van der Waals surface area contributed by atoms with Crippen molar-refractivity contribution in [1.29, 1.82) is 0 Å². The van der Waals surface area contributed by atoms with E-state index in [1.54, 1.807) is 0 Å². The second-order valence-corrected chi connectivity index (χ2v) is 8.57. The molecule has 1 amide bonds. The van der Waals surface area contributed by atoms with Crippen molar-refractivity contribution < 1.29 is 9.53 Å². The Morgan fingerprint density at radius 2 is 1.71 bits per heavy atom. The van der Waals surface area contributed by atoms with Crippen LogP contribution in [0.25, 0.3) is 6.08 Å². The zero-order valence-corrected chi connectivity index (χ0v) is 18.6. The van der Waals surface area contributed by atoms with Crippen LogP contribution in [0, 0.1) is 20.8 Å². The van der Waals surface area contributed by atoms with Crippen molar-refractivity contribution in [1.82, 2.24) is 5.32 Å². The molecule has 31 heavy (non-hydrogen) atoms. The van der Waals surface area contributed by atoms with E-state index in [4.69, 9.17) is 4.74 Å². The van der Waals surface area contributed by atoms with Crippen LogP contribution >= 0.6 is 11.8 Å². The number of thioether (sulfide) groups is 1. The Labute approximate surface area is 187 Å². The summed E-state index contributed by atoms with van der Waals surface area (Å²) in [6, 6.07) is 22.0. The Hall–Kier alpha value is -3.31. The zero-order chi connectivity index (χ0) is 21.8. The number of amidine groups is 1. The van der Waals surface area contributed by atoms with Gasteiger partial charge < -0.3 is 10.1 Å². The Bertz CT molecular complexity index is 1160. The lowest BCUT2D eigenvalue weighted by molar-refractivity contribution is -0.115. The van der Waals surface area contributed by atoms with Gasteiger partial charge in [0.2, 0.25) is 0 Å². The number of hydrogen-bond donors (Lipinski definition) is 1. The molecular formula is C26H24N2O2S. The Morgan fingerprint density at radius 3 is 2.45 bits per heavy atom. The van der Waals surface area contributed by atoms with Gasteiger partial charge in [-0.1, -0.05) is 54.1 Å². The predicted octanol–water partition coefficient (Wildman–Crippen LogP) is 6.08. The number of nitrogens with zero attached hydrogens (tertiary/aromatic N) is 1. The number of benzene rings is 3. The smallest absolute Gasteiger partial charge is 0.264 e. The van der Waals surface area contributed by atoms with E-state index in [0.717, 1.165) is 28.1 Å². The minimum absolute atomic E-state index is 0.131. The summed E-state index contributed by atoms with van der Waals surface area (Å²) in [5.74, 6) is 0.664. The van der Waals surface area contributed by atoms with Crippen molar-refractivity contribution in [2.45, 2.75) is 27.4 Å². The normalized spacial score (nSPS) is 16.0. The van der Waals surface area contributed by atoms with Crippen molar-refractivity contribution >= 4 is 34.6 Å². The Morgan fingerprint density at radius 1 is 0.968 bits per heavy atom. The maximum Gasteiger partial charge on any atom is 0.264 e. The molecule has 0 aromatic heterocycles. The number of ether oxygens (including phenoxy) is 1. The molecule has 0 unspecified atom stereocenters. The van der Waals surface area contributed by atoms with E-state index < -0.39 is 0 Å². The summed E-state index contributed by atoms with van der Waals surface area (Å²) in [7, 11) is 0. The number of amides is 1. The molecule has 4 rings (SSSR count). The van der Waals surface area contributed by atoms with Crippen molar-refractivity contribution in [3.8, 4) is 5.75 Å². The van der Waals surface area contributed by atoms with Gasteiger partial charge in [-0.25, -0.2) is 4.99 Å². The maximum atomic E-state index is 12.4. The third kappa shape index (κ3) is 5.25. The topological polar surface area (TPSA) is 50.7 Å². The van der Waals surface area contributed by atoms with Gasteiger partial charge in [0, 0.05) is 0 Å². The fourth-order valence-electron chi connectivity index (χ4n) is 3.11. The molecule has 1 fully saturated rings. The highest BCUT2D eigenvalue weighted by Crippen LogP contribution is 2.30. The number of rotatable bonds is 5. The number of carbonyl (C=O) groups excluding carboxylic acids is 1. The van der Waals surface area contributed by atoms with Gasteiger partial charge in [-0.05, 0) is 79.1 Å². The maximum absolute atomic E-state index is 12.4. The van der Waals surface area contributed by atoms with Gasteiger partial charge in [0.1, 0.15) is 12.4 Å². The average molecular weight is 429 g/mol. The molecule has 0 bridgehead atoms. The molecule has 0 aliphatic carbocycles. The standard InChI is InChI=1S/C26H24N2O2S/c1-17-7-9-21(10-8-17)16-30-22-13-11-20(12-14-22)15-24-25(29)28-26(31-24)27-23-6-4-5-18(2)19(23)3/h4-15H,16H2,1-3H3,(H,27,28,29). The summed E-state index contributed by atoms with van der Waals surface area (Å²) < 4.78 is 5.86. The van der Waals surface area contributed by atoms with E-state index in [2.05, 4.69) is 54.5 Å². The van der Waals surface area contributed by atoms with E-state index in [1.165, 1.54) is 22.9 Å². The van der Waals surface area contributed by atoms with Crippen LogP contribution in [0.3, 0.4) is 0 Å². The molecule has 3 aromatic rings. The molecule has 1 N–H and O–H groups in total. The molecule has 1 aliphatic heterocycles. The fraction of sp³-hybridized carbons (Fsp3) is 0.154. The van der Waals surface area contributed by atoms with Gasteiger partial charge in [-0.2, -0.15) is 0 Å². The highest BCUT2D eigenvalue weighted by atomic mass is 32.2. The molecule has 1 saturated heterocycles. The van der Waals surface area contributed by atoms with Crippen LogP contribution in [0.4, 0.5) is 5.69 Å². The molecule has 3 aromatic carbocycles. The van der Waals surface area contributed by atoms with Gasteiger partial charge in [-0.3, -0.25) is 4.79 Å². The first kappa shape index (κ1) is 20.9. The predicted molar refractivity (Wildman–Crippen MR) is 129 cm³/mol. The molecule has 4 nitrogen and oxygen atoms in total. The molecule has 0 saturated carbocycles. The van der Waals surface area contributed by atoms with Gasteiger partial charge >= 0.3 is 0 Å². The van der Waals surface area contributed by atoms with E-state index in [0.29, 0.717) is 16.7 Å². The second kappa shape index (κ2) is 9.23. The molecule has 156 valence electrons. The summed E-state index contributed by atoms with van der Waals surface area (Å²) in [6.07, 6.45) is 1.87. The van der Waals surface area contributed by atoms with E-state index in [-0.39, 0.29) is 5.91 Å². The molecule has 1 aliphatic rings. The van der Waals surface area contributed by atoms with Crippen LogP contribution in [0.1, 0.15) is 27.8 Å². The number of nitrogens with one attached hydrogen (secondary N) is 1. The van der Waals surface area contributed by atoms with E-state index >= 15 is 0 Å². The van der Waals surface area contributed by atoms with Crippen molar-refractivity contribution in [3.05, 3.63) is 99.5 Å². The first-order valence-corrected chi connectivity index (χ1v) is 10.9. The SMILES string of the molecule is Cc1ccc(COc2ccc(C=C3SC(=Nc4cccc(C)c4C)NC3=O)cc2)cc1. The third-order valence-electron chi connectivity index (χ3n) is 5.15. The summed E-state index contributed by atoms with van der Waals surface area (Å²) in [5, 5.41) is 3.45. The van der Waals surface area contributed by atoms with Crippen LogP contribution in [0.5, 0.6) is 5.75 Å². The van der Waals surface area contributed by atoms with Gasteiger partial charge in [-0.15, -0.1) is 0 Å². The van der Waals surface area contributed by atoms with Crippen LogP contribution in [0.15, 0.2) is 76.6 Å². The fourth-order valence-corrected chi connectivity index (χ4v) is 3.94. The first-order chi connectivity index (χ1) is 15.0. The molecule has 0 radical (unpaired) electrons. The quantitative estimate of drug-likeness (QED) is 0.501. The number of aliphatic imine (C=N–C) groups is 1. The number of hydrogen-bond acceptors (Lipinski definition) is 4. The first-order valence-electron chi connectivity index (χ1n) is 10.1. The summed E-state index contributed by atoms with van der Waals surface area (Å²) in [4.78, 5) is 17.6. The monoisotopic (exact) mass is 428 g/mol. The lowest BCUT2D eigenvalue weighted by atomic mass is 10.1. The van der Waals surface area contributed by atoms with Crippen molar-refractivity contribution in [3.63, 3.8) is 0 Å². The molecule has 0 spiro atoms. The minimum Gasteiger partial charge on any atom is -0.489 e. The lowest BCUT2D eigenvalue weighted by Gasteiger charge is -2.07. The highest BCUT2D eigenvalue weighted by molar-refractivity contribution is 8.18. The van der Waals surface area contributed by atoms with Crippen LogP contribution in [-0.4, -0.2) is 11.1 Å². The minimum atomic E-state index is -0.131. The van der Waals surface area contributed by atoms with E-state index in [9.17, 15) is 4.79 Å². The Balaban J connectivity index is 1.42. The van der Waals surface area contributed by atoms with Gasteiger partial charge in [0.15, 0.2) is 5.17 Å².